The summed E-state index contributed by atoms with van der Waals surface area (Å²) in [5.74, 6) is -1.93. The fraction of sp³-hybridized carbons (Fsp3) is 0.300. The zero-order valence-corrected chi connectivity index (χ0v) is 16.3. The van der Waals surface area contributed by atoms with Crippen molar-refractivity contribution in [2.24, 2.45) is 5.92 Å². The minimum Gasteiger partial charge on any atom is -0.326 e. The van der Waals surface area contributed by atoms with Crippen molar-refractivity contribution in [3.8, 4) is 0 Å². The maximum atomic E-state index is 14.0. The Balaban J connectivity index is 1.45. The van der Waals surface area contributed by atoms with E-state index in [-0.39, 0.29) is 35.5 Å². The van der Waals surface area contributed by atoms with Gasteiger partial charge in [0.15, 0.2) is 0 Å². The summed E-state index contributed by atoms with van der Waals surface area (Å²) >= 11 is 0. The van der Waals surface area contributed by atoms with Crippen LogP contribution < -0.4 is 14.9 Å². The number of carbonyl (C=O) groups is 2. The second-order valence-corrected chi connectivity index (χ2v) is 8.98. The number of rotatable bonds is 6. The predicted octanol–water partition coefficient (Wildman–Crippen LogP) is 2.26. The Morgan fingerprint density at radius 1 is 1.10 bits per heavy atom. The van der Waals surface area contributed by atoms with Gasteiger partial charge in [0.05, 0.1) is 16.5 Å². The number of nitrogens with zero attached hydrogens (tertiary/aromatic N) is 1. The van der Waals surface area contributed by atoms with Crippen LogP contribution in [0.4, 0.5) is 15.8 Å². The average Bonchev–Trinajstić information content (AvgIpc) is 3.40. The summed E-state index contributed by atoms with van der Waals surface area (Å²) in [5, 5.41) is 2.67. The highest BCUT2D eigenvalue weighted by Gasteiger charge is 2.36. The van der Waals surface area contributed by atoms with Gasteiger partial charge in [-0.2, -0.15) is 0 Å². The topological polar surface area (TPSA) is 95.6 Å². The molecular weight excluding hydrogens is 397 g/mol. The number of halogens is 1. The number of hydrogen-bond acceptors (Lipinski definition) is 4. The number of nitrogens with one attached hydrogen (secondary N) is 2. The second kappa shape index (κ2) is 7.57. The highest BCUT2D eigenvalue weighted by atomic mass is 32.2. The first-order valence-electron chi connectivity index (χ1n) is 9.31. The third-order valence-corrected chi connectivity index (χ3v) is 6.47. The lowest BCUT2D eigenvalue weighted by Crippen LogP contribution is -2.29. The maximum absolute atomic E-state index is 14.0. The van der Waals surface area contributed by atoms with Crippen LogP contribution in [0.15, 0.2) is 53.4 Å². The van der Waals surface area contributed by atoms with Crippen LogP contribution in [-0.2, 0) is 19.6 Å². The number of para-hydroxylation sites is 1. The second-order valence-electron chi connectivity index (χ2n) is 7.27. The Morgan fingerprint density at radius 3 is 2.59 bits per heavy atom. The quantitative estimate of drug-likeness (QED) is 0.754. The van der Waals surface area contributed by atoms with Crippen molar-refractivity contribution >= 4 is 33.2 Å². The van der Waals surface area contributed by atoms with Gasteiger partial charge in [-0.25, -0.2) is 17.5 Å². The minimum atomic E-state index is -3.64. The lowest BCUT2D eigenvalue weighted by molar-refractivity contribution is -0.122. The third kappa shape index (κ3) is 4.30. The lowest BCUT2D eigenvalue weighted by atomic mass is 10.1. The van der Waals surface area contributed by atoms with E-state index in [1.807, 2.05) is 0 Å². The molecule has 1 unspecified atom stereocenters. The molecule has 0 bridgehead atoms. The smallest absolute Gasteiger partial charge is 0.240 e. The van der Waals surface area contributed by atoms with Gasteiger partial charge in [0.1, 0.15) is 5.82 Å². The molecule has 7 nitrogen and oxygen atoms in total. The molecular formula is C20H20FN3O4S. The highest BCUT2D eigenvalue weighted by molar-refractivity contribution is 7.89. The number of carbonyl (C=O) groups excluding carboxylic acids is 2. The molecule has 4 rings (SSSR count). The Bertz CT molecular complexity index is 1070. The van der Waals surface area contributed by atoms with Crippen LogP contribution in [0.2, 0.25) is 0 Å². The van der Waals surface area contributed by atoms with E-state index in [0.717, 1.165) is 12.8 Å². The van der Waals surface area contributed by atoms with Crippen molar-refractivity contribution in [2.45, 2.75) is 30.2 Å². The molecule has 1 saturated heterocycles. The summed E-state index contributed by atoms with van der Waals surface area (Å²) in [5.41, 5.74) is 0.470. The zero-order valence-electron chi connectivity index (χ0n) is 15.5. The van der Waals surface area contributed by atoms with Crippen LogP contribution in [0.25, 0.3) is 0 Å². The molecule has 1 heterocycles. The highest BCUT2D eigenvalue weighted by Crippen LogP contribution is 2.28. The monoisotopic (exact) mass is 417 g/mol. The molecule has 9 heteroatoms. The van der Waals surface area contributed by atoms with Crippen molar-refractivity contribution in [2.75, 3.05) is 16.8 Å². The lowest BCUT2D eigenvalue weighted by Gasteiger charge is -2.17. The van der Waals surface area contributed by atoms with Crippen LogP contribution in [0.3, 0.4) is 0 Å². The van der Waals surface area contributed by atoms with Gasteiger partial charge in [-0.15, -0.1) is 0 Å². The summed E-state index contributed by atoms with van der Waals surface area (Å²) in [4.78, 5) is 26.2. The summed E-state index contributed by atoms with van der Waals surface area (Å²) < 4.78 is 41.3. The minimum absolute atomic E-state index is 0.0212. The number of sulfonamides is 1. The summed E-state index contributed by atoms with van der Waals surface area (Å²) in [6.45, 7) is 0.0623. The van der Waals surface area contributed by atoms with Gasteiger partial charge in [-0.1, -0.05) is 18.2 Å². The first-order valence-corrected chi connectivity index (χ1v) is 10.8. The van der Waals surface area contributed by atoms with Crippen molar-refractivity contribution in [3.05, 3.63) is 54.3 Å². The van der Waals surface area contributed by atoms with E-state index in [4.69, 9.17) is 0 Å². The molecule has 0 spiro atoms. The molecule has 29 heavy (non-hydrogen) atoms. The van der Waals surface area contributed by atoms with E-state index in [1.165, 1.54) is 35.2 Å². The van der Waals surface area contributed by atoms with E-state index in [2.05, 4.69) is 10.0 Å². The van der Waals surface area contributed by atoms with E-state index in [9.17, 15) is 22.4 Å². The van der Waals surface area contributed by atoms with Crippen molar-refractivity contribution < 1.29 is 22.4 Å². The fourth-order valence-electron chi connectivity index (χ4n) is 3.26. The molecule has 2 amide bonds. The predicted molar refractivity (Wildman–Crippen MR) is 105 cm³/mol. The van der Waals surface area contributed by atoms with Crippen LogP contribution in [0.1, 0.15) is 19.3 Å². The molecule has 152 valence electrons. The summed E-state index contributed by atoms with van der Waals surface area (Å²) in [6.07, 6.45) is 1.61. The Hall–Kier alpha value is -2.78. The number of hydrogen-bond donors (Lipinski definition) is 2. The van der Waals surface area contributed by atoms with E-state index >= 15 is 0 Å². The van der Waals surface area contributed by atoms with Crippen LogP contribution in [-0.4, -0.2) is 32.8 Å². The molecule has 2 aromatic carbocycles. The number of anilines is 2. The molecule has 1 aliphatic carbocycles. The summed E-state index contributed by atoms with van der Waals surface area (Å²) in [6, 6.07) is 11.9. The number of benzene rings is 2. The van der Waals surface area contributed by atoms with Crippen LogP contribution >= 0.6 is 0 Å². The van der Waals surface area contributed by atoms with Crippen molar-refractivity contribution in [1.82, 2.24) is 4.72 Å². The SMILES string of the molecule is O=C(Nc1cccc(S(=O)(=O)NC2CC2)c1)C1CC(=O)N(c2ccccc2F)C1. The summed E-state index contributed by atoms with van der Waals surface area (Å²) in [7, 11) is -3.64. The average molecular weight is 417 g/mol. The molecule has 1 atom stereocenters. The normalized spacial score (nSPS) is 19.4. The zero-order chi connectivity index (χ0) is 20.6. The molecule has 1 aliphatic heterocycles. The van der Waals surface area contributed by atoms with Gasteiger partial charge in [-0.05, 0) is 43.2 Å². The standard InChI is InChI=1S/C20H20FN3O4S/c21-17-6-1-2-7-18(17)24-12-13(10-19(24)25)20(26)22-15-4-3-5-16(11-15)29(27,28)23-14-8-9-14/h1-7,11,13-14,23H,8-10,12H2,(H,22,26). The molecule has 2 aliphatic rings. The molecule has 2 aromatic rings. The first kappa shape index (κ1) is 19.5. The molecule has 2 fully saturated rings. The van der Waals surface area contributed by atoms with E-state index in [0.29, 0.717) is 5.69 Å². The number of amides is 2. The van der Waals surface area contributed by atoms with Gasteiger partial charge < -0.3 is 10.2 Å². The molecule has 2 N–H and O–H groups in total. The molecule has 0 aromatic heterocycles. The molecule has 1 saturated carbocycles. The van der Waals surface area contributed by atoms with Gasteiger partial charge >= 0.3 is 0 Å². The fourth-order valence-corrected chi connectivity index (χ4v) is 4.61. The third-order valence-electron chi connectivity index (χ3n) is 4.95. The van der Waals surface area contributed by atoms with E-state index < -0.39 is 27.7 Å². The largest absolute Gasteiger partial charge is 0.326 e. The van der Waals surface area contributed by atoms with Gasteiger partial charge in [0.2, 0.25) is 21.8 Å². The Kier molecular flexibility index (Phi) is 5.10. The van der Waals surface area contributed by atoms with Crippen LogP contribution in [0, 0.1) is 11.7 Å². The van der Waals surface area contributed by atoms with Crippen LogP contribution in [0.5, 0.6) is 0 Å². The van der Waals surface area contributed by atoms with Gasteiger partial charge in [0.25, 0.3) is 0 Å². The van der Waals surface area contributed by atoms with Gasteiger partial charge in [-0.3, -0.25) is 9.59 Å². The van der Waals surface area contributed by atoms with Crippen molar-refractivity contribution in [3.63, 3.8) is 0 Å². The van der Waals surface area contributed by atoms with Crippen molar-refractivity contribution in [1.29, 1.82) is 0 Å². The first-order chi connectivity index (χ1) is 13.8. The van der Waals surface area contributed by atoms with Gasteiger partial charge in [0, 0.05) is 24.7 Å². The maximum Gasteiger partial charge on any atom is 0.240 e. The Labute approximate surface area is 168 Å². The molecule has 0 radical (unpaired) electrons. The van der Waals surface area contributed by atoms with E-state index in [1.54, 1.807) is 18.2 Å². The Morgan fingerprint density at radius 2 is 1.86 bits per heavy atom.